The summed E-state index contributed by atoms with van der Waals surface area (Å²) in [6, 6.07) is 5.38. The lowest BCUT2D eigenvalue weighted by Crippen LogP contribution is -2.26. The normalized spacial score (nSPS) is 17.7. The molecule has 5 nitrogen and oxygen atoms in total. The number of hydrogen-bond donors (Lipinski definition) is 2. The van der Waals surface area contributed by atoms with Crippen LogP contribution in [0.1, 0.15) is 13.8 Å². The first kappa shape index (κ1) is 12.8. The molecular formula is C12H14N2O3S. The Morgan fingerprint density at radius 2 is 2.33 bits per heavy atom. The number of thioether (sulfide) groups is 1. The highest BCUT2D eigenvalue weighted by Crippen LogP contribution is 2.36. The van der Waals surface area contributed by atoms with Crippen LogP contribution in [0.3, 0.4) is 0 Å². The van der Waals surface area contributed by atoms with Crippen molar-refractivity contribution in [2.75, 3.05) is 17.2 Å². The molecule has 1 aromatic rings. The number of amides is 2. The average molecular weight is 266 g/mol. The van der Waals surface area contributed by atoms with Gasteiger partial charge in [0.05, 0.1) is 17.5 Å². The first-order chi connectivity index (χ1) is 8.60. The monoisotopic (exact) mass is 266 g/mol. The van der Waals surface area contributed by atoms with Gasteiger partial charge in [0.2, 0.25) is 5.91 Å². The van der Waals surface area contributed by atoms with Gasteiger partial charge < -0.3 is 10.1 Å². The standard InChI is InChI=1S/C12H14N2O3S/c1-3-17-12(16)13-8-4-5-10-9(6-8)14-11(15)7(2)18-10/h4-7H,3H2,1-2H3,(H,13,16)(H,14,15). The zero-order chi connectivity index (χ0) is 13.1. The molecule has 1 atom stereocenters. The Labute approximate surface area is 109 Å². The van der Waals surface area contributed by atoms with Crippen molar-refractivity contribution in [2.45, 2.75) is 24.0 Å². The highest BCUT2D eigenvalue weighted by molar-refractivity contribution is 8.00. The minimum Gasteiger partial charge on any atom is -0.450 e. The molecule has 2 rings (SSSR count). The third-order valence-electron chi connectivity index (χ3n) is 2.43. The van der Waals surface area contributed by atoms with Gasteiger partial charge in [0.25, 0.3) is 0 Å². The van der Waals surface area contributed by atoms with Gasteiger partial charge in [-0.1, -0.05) is 0 Å². The number of anilines is 2. The van der Waals surface area contributed by atoms with Crippen LogP contribution in [0.5, 0.6) is 0 Å². The van der Waals surface area contributed by atoms with Crippen LogP contribution in [0.4, 0.5) is 16.2 Å². The van der Waals surface area contributed by atoms with Gasteiger partial charge in [-0.25, -0.2) is 4.79 Å². The molecule has 0 radical (unpaired) electrons. The van der Waals surface area contributed by atoms with Gasteiger partial charge in [-0.2, -0.15) is 0 Å². The van der Waals surface area contributed by atoms with E-state index in [1.165, 1.54) is 11.8 Å². The Balaban J connectivity index is 2.15. The maximum absolute atomic E-state index is 11.5. The summed E-state index contributed by atoms with van der Waals surface area (Å²) in [7, 11) is 0. The molecule has 2 N–H and O–H groups in total. The van der Waals surface area contributed by atoms with Crippen molar-refractivity contribution in [1.29, 1.82) is 0 Å². The lowest BCUT2D eigenvalue weighted by atomic mass is 10.2. The Morgan fingerprint density at radius 3 is 3.06 bits per heavy atom. The van der Waals surface area contributed by atoms with E-state index in [-0.39, 0.29) is 11.2 Å². The number of carbonyl (C=O) groups is 2. The molecule has 0 saturated heterocycles. The number of rotatable bonds is 2. The van der Waals surface area contributed by atoms with Crippen molar-refractivity contribution in [1.82, 2.24) is 0 Å². The van der Waals surface area contributed by atoms with Crippen LogP contribution < -0.4 is 10.6 Å². The van der Waals surface area contributed by atoms with Crippen LogP contribution in [-0.2, 0) is 9.53 Å². The summed E-state index contributed by atoms with van der Waals surface area (Å²) in [5.41, 5.74) is 1.32. The van der Waals surface area contributed by atoms with Crippen LogP contribution in [0.15, 0.2) is 23.1 Å². The SMILES string of the molecule is CCOC(=O)Nc1ccc2c(c1)NC(=O)C(C)S2. The number of carbonyl (C=O) groups excluding carboxylic acids is 2. The second-order valence-electron chi connectivity index (χ2n) is 3.81. The highest BCUT2D eigenvalue weighted by Gasteiger charge is 2.23. The first-order valence-corrected chi connectivity index (χ1v) is 6.53. The fourth-order valence-corrected chi connectivity index (χ4v) is 2.50. The van der Waals surface area contributed by atoms with Crippen LogP contribution in [0.25, 0.3) is 0 Å². The van der Waals surface area contributed by atoms with Crippen molar-refractivity contribution >= 4 is 35.1 Å². The van der Waals surface area contributed by atoms with Crippen molar-refractivity contribution in [3.63, 3.8) is 0 Å². The number of benzene rings is 1. The molecule has 6 heteroatoms. The van der Waals surface area contributed by atoms with Crippen molar-refractivity contribution in [2.24, 2.45) is 0 Å². The van der Waals surface area contributed by atoms with E-state index in [0.29, 0.717) is 12.3 Å². The van der Waals surface area contributed by atoms with Crippen molar-refractivity contribution in [3.8, 4) is 0 Å². The molecular weight excluding hydrogens is 252 g/mol. The lowest BCUT2D eigenvalue weighted by Gasteiger charge is -2.21. The molecule has 1 aliphatic rings. The van der Waals surface area contributed by atoms with E-state index in [4.69, 9.17) is 4.74 Å². The van der Waals surface area contributed by atoms with E-state index in [2.05, 4.69) is 10.6 Å². The summed E-state index contributed by atoms with van der Waals surface area (Å²) in [5.74, 6) is -0.0271. The molecule has 1 heterocycles. The molecule has 0 saturated carbocycles. The molecule has 1 aromatic carbocycles. The molecule has 18 heavy (non-hydrogen) atoms. The minimum absolute atomic E-state index is 0.0271. The van der Waals surface area contributed by atoms with Gasteiger partial charge in [-0.05, 0) is 32.0 Å². The predicted octanol–water partition coefficient (Wildman–Crippen LogP) is 2.69. The Bertz CT molecular complexity index is 490. The predicted molar refractivity (Wildman–Crippen MR) is 71.0 cm³/mol. The van der Waals surface area contributed by atoms with E-state index >= 15 is 0 Å². The fraction of sp³-hybridized carbons (Fsp3) is 0.333. The maximum Gasteiger partial charge on any atom is 0.411 e. The molecule has 96 valence electrons. The highest BCUT2D eigenvalue weighted by atomic mass is 32.2. The summed E-state index contributed by atoms with van der Waals surface area (Å²) in [4.78, 5) is 23.8. The zero-order valence-corrected chi connectivity index (χ0v) is 11.0. The molecule has 1 aliphatic heterocycles. The van der Waals surface area contributed by atoms with Crippen molar-refractivity contribution in [3.05, 3.63) is 18.2 Å². The molecule has 0 aromatic heterocycles. The smallest absolute Gasteiger partial charge is 0.411 e. The van der Waals surface area contributed by atoms with Crippen LogP contribution in [0.2, 0.25) is 0 Å². The largest absolute Gasteiger partial charge is 0.450 e. The Hall–Kier alpha value is -1.69. The lowest BCUT2D eigenvalue weighted by molar-refractivity contribution is -0.115. The van der Waals surface area contributed by atoms with Gasteiger partial charge in [-0.15, -0.1) is 11.8 Å². The molecule has 2 amide bonds. The quantitative estimate of drug-likeness (QED) is 0.863. The van der Waals surface area contributed by atoms with Crippen LogP contribution >= 0.6 is 11.8 Å². The van der Waals surface area contributed by atoms with Crippen molar-refractivity contribution < 1.29 is 14.3 Å². The summed E-state index contributed by atoms with van der Waals surface area (Å²) in [6.07, 6.45) is -0.499. The molecule has 1 unspecified atom stereocenters. The number of ether oxygens (including phenoxy) is 1. The van der Waals surface area contributed by atoms with E-state index in [1.54, 1.807) is 19.1 Å². The van der Waals surface area contributed by atoms with Gasteiger partial charge in [0, 0.05) is 10.6 Å². The van der Waals surface area contributed by atoms with E-state index in [9.17, 15) is 9.59 Å². The number of fused-ring (bicyclic) bond motifs is 1. The van der Waals surface area contributed by atoms with E-state index in [1.807, 2.05) is 13.0 Å². The summed E-state index contributed by atoms with van der Waals surface area (Å²) >= 11 is 1.50. The number of hydrogen-bond acceptors (Lipinski definition) is 4. The Morgan fingerprint density at radius 1 is 1.56 bits per heavy atom. The molecule has 0 fully saturated rings. The van der Waals surface area contributed by atoms with Gasteiger partial charge in [0.15, 0.2) is 0 Å². The van der Waals surface area contributed by atoms with E-state index < -0.39 is 6.09 Å². The first-order valence-electron chi connectivity index (χ1n) is 5.65. The van der Waals surface area contributed by atoms with Gasteiger partial charge in [-0.3, -0.25) is 10.1 Å². The molecule has 0 bridgehead atoms. The summed E-state index contributed by atoms with van der Waals surface area (Å²) in [6.45, 7) is 3.92. The molecule has 0 spiro atoms. The van der Waals surface area contributed by atoms with Gasteiger partial charge >= 0.3 is 6.09 Å². The van der Waals surface area contributed by atoms with Crippen LogP contribution in [-0.4, -0.2) is 23.9 Å². The number of nitrogens with one attached hydrogen (secondary N) is 2. The second-order valence-corrected chi connectivity index (χ2v) is 5.19. The summed E-state index contributed by atoms with van der Waals surface area (Å²) in [5, 5.41) is 5.30. The summed E-state index contributed by atoms with van der Waals surface area (Å²) < 4.78 is 4.79. The average Bonchev–Trinajstić information content (AvgIpc) is 2.31. The van der Waals surface area contributed by atoms with E-state index in [0.717, 1.165) is 10.6 Å². The Kier molecular flexibility index (Phi) is 3.76. The zero-order valence-electron chi connectivity index (χ0n) is 10.1. The van der Waals surface area contributed by atoms with Gasteiger partial charge in [0.1, 0.15) is 0 Å². The third kappa shape index (κ3) is 2.76. The van der Waals surface area contributed by atoms with Crippen LogP contribution in [0, 0.1) is 0 Å². The minimum atomic E-state index is -0.499. The maximum atomic E-state index is 11.5. The second kappa shape index (κ2) is 5.30. The third-order valence-corrected chi connectivity index (χ3v) is 3.61. The topological polar surface area (TPSA) is 67.4 Å². The fourth-order valence-electron chi connectivity index (χ4n) is 1.57. The molecule has 0 aliphatic carbocycles.